The molecule has 1 fully saturated rings. The Morgan fingerprint density at radius 3 is 2.50 bits per heavy atom. The molecule has 10 heteroatoms. The number of rotatable bonds is 7. The Bertz CT molecular complexity index is 1110. The van der Waals surface area contributed by atoms with E-state index in [9.17, 15) is 13.2 Å². The van der Waals surface area contributed by atoms with Gasteiger partial charge in [-0.1, -0.05) is 13.2 Å². The molecule has 1 saturated heterocycles. The molecule has 32 heavy (non-hydrogen) atoms. The molecule has 0 amide bonds. The molecule has 166 valence electrons. The van der Waals surface area contributed by atoms with Gasteiger partial charge in [0.2, 0.25) is 0 Å². The van der Waals surface area contributed by atoms with Crippen molar-refractivity contribution in [3.63, 3.8) is 0 Å². The summed E-state index contributed by atoms with van der Waals surface area (Å²) in [6.07, 6.45) is 3.25. The molecule has 0 spiro atoms. The molecule has 0 saturated carbocycles. The summed E-state index contributed by atoms with van der Waals surface area (Å²) in [6.45, 7) is 9.87. The molecule has 3 N–H and O–H groups in total. The van der Waals surface area contributed by atoms with Gasteiger partial charge in [0.25, 0.3) is 0 Å². The minimum Gasteiger partial charge on any atom is -0.357 e. The second kappa shape index (κ2) is 8.74. The van der Waals surface area contributed by atoms with E-state index in [1.165, 1.54) is 19.0 Å². The van der Waals surface area contributed by atoms with Gasteiger partial charge < -0.3 is 15.5 Å². The molecule has 0 aromatic carbocycles. The minimum atomic E-state index is -4.49. The average molecular weight is 441 g/mol. The van der Waals surface area contributed by atoms with Gasteiger partial charge in [-0.05, 0) is 31.0 Å². The molecule has 1 aliphatic heterocycles. The van der Waals surface area contributed by atoms with Gasteiger partial charge in [-0.15, -0.1) is 0 Å². The van der Waals surface area contributed by atoms with Crippen molar-refractivity contribution in [3.8, 4) is 0 Å². The van der Waals surface area contributed by atoms with Crippen LogP contribution in [0.4, 0.5) is 30.4 Å². The van der Waals surface area contributed by atoms with Crippen LogP contribution >= 0.6 is 0 Å². The number of pyridine rings is 2. The smallest absolute Gasteiger partial charge is 0.357 e. The van der Waals surface area contributed by atoms with Gasteiger partial charge in [0.05, 0.1) is 28.8 Å². The summed E-state index contributed by atoms with van der Waals surface area (Å²) in [5, 5.41) is 13.0. The fourth-order valence-electron chi connectivity index (χ4n) is 3.44. The van der Waals surface area contributed by atoms with E-state index in [0.717, 1.165) is 36.9 Å². The Labute approximate surface area is 183 Å². The SMILES string of the molecule is C=C(Nc1c[nH]nc1C(=C)Nc1ccc(N2CCCC2)nc1)c1cncc(C(F)(F)F)c1. The normalized spacial score (nSPS) is 13.8. The topological polar surface area (TPSA) is 81.8 Å². The number of nitrogens with one attached hydrogen (secondary N) is 3. The zero-order valence-electron chi connectivity index (χ0n) is 17.2. The molecule has 3 aromatic heterocycles. The van der Waals surface area contributed by atoms with Gasteiger partial charge in [0, 0.05) is 42.9 Å². The van der Waals surface area contributed by atoms with Crippen LogP contribution < -0.4 is 15.5 Å². The lowest BCUT2D eigenvalue weighted by Gasteiger charge is -2.17. The van der Waals surface area contributed by atoms with Crippen molar-refractivity contribution in [2.45, 2.75) is 19.0 Å². The zero-order chi connectivity index (χ0) is 22.7. The van der Waals surface area contributed by atoms with Gasteiger partial charge in [-0.3, -0.25) is 10.1 Å². The maximum atomic E-state index is 13.0. The molecule has 7 nitrogen and oxygen atoms in total. The Hall–Kier alpha value is -3.82. The fourth-order valence-corrected chi connectivity index (χ4v) is 3.44. The van der Waals surface area contributed by atoms with Crippen LogP contribution in [0.5, 0.6) is 0 Å². The van der Waals surface area contributed by atoms with Crippen molar-refractivity contribution in [2.75, 3.05) is 28.6 Å². The third kappa shape index (κ3) is 4.74. The molecular formula is C22H22F3N7. The Kier molecular flexibility index (Phi) is 5.85. The molecule has 0 unspecified atom stereocenters. The van der Waals surface area contributed by atoms with Gasteiger partial charge in [-0.2, -0.15) is 18.3 Å². The van der Waals surface area contributed by atoms with E-state index in [4.69, 9.17) is 0 Å². The third-order valence-corrected chi connectivity index (χ3v) is 5.10. The van der Waals surface area contributed by atoms with Crippen LogP contribution in [-0.4, -0.2) is 33.3 Å². The maximum Gasteiger partial charge on any atom is 0.417 e. The van der Waals surface area contributed by atoms with Gasteiger partial charge in [0.15, 0.2) is 0 Å². The highest BCUT2D eigenvalue weighted by atomic mass is 19.4. The number of hydrogen-bond acceptors (Lipinski definition) is 6. The Morgan fingerprint density at radius 1 is 1.03 bits per heavy atom. The lowest BCUT2D eigenvalue weighted by Crippen LogP contribution is -2.18. The van der Waals surface area contributed by atoms with Crippen molar-refractivity contribution in [1.29, 1.82) is 0 Å². The molecular weight excluding hydrogens is 419 g/mol. The predicted octanol–water partition coefficient (Wildman–Crippen LogP) is 4.98. The van der Waals surface area contributed by atoms with Gasteiger partial charge in [-0.25, -0.2) is 4.98 Å². The summed E-state index contributed by atoms with van der Waals surface area (Å²) < 4.78 is 38.9. The van der Waals surface area contributed by atoms with Crippen LogP contribution in [0.1, 0.15) is 29.7 Å². The summed E-state index contributed by atoms with van der Waals surface area (Å²) in [5.41, 5.74) is 1.82. The molecule has 3 aromatic rings. The van der Waals surface area contributed by atoms with Crippen molar-refractivity contribution in [3.05, 3.63) is 73.0 Å². The summed E-state index contributed by atoms with van der Waals surface area (Å²) >= 11 is 0. The van der Waals surface area contributed by atoms with Crippen LogP contribution in [0.2, 0.25) is 0 Å². The average Bonchev–Trinajstić information content (AvgIpc) is 3.46. The van der Waals surface area contributed by atoms with Crippen molar-refractivity contribution < 1.29 is 13.2 Å². The monoisotopic (exact) mass is 441 g/mol. The third-order valence-electron chi connectivity index (χ3n) is 5.10. The van der Waals surface area contributed by atoms with E-state index in [1.807, 2.05) is 12.1 Å². The lowest BCUT2D eigenvalue weighted by atomic mass is 10.1. The largest absolute Gasteiger partial charge is 0.417 e. The van der Waals surface area contributed by atoms with Gasteiger partial charge >= 0.3 is 6.18 Å². The van der Waals surface area contributed by atoms with E-state index in [2.05, 4.69) is 48.9 Å². The molecule has 0 bridgehead atoms. The second-order valence-corrected chi connectivity index (χ2v) is 7.41. The number of hydrogen-bond donors (Lipinski definition) is 3. The number of halogens is 3. The molecule has 0 aliphatic carbocycles. The molecule has 4 heterocycles. The highest BCUT2D eigenvalue weighted by molar-refractivity contribution is 5.84. The van der Waals surface area contributed by atoms with E-state index in [0.29, 0.717) is 17.1 Å². The minimum absolute atomic E-state index is 0.215. The van der Waals surface area contributed by atoms with Gasteiger partial charge in [0.1, 0.15) is 11.5 Å². The van der Waals surface area contributed by atoms with E-state index < -0.39 is 11.7 Å². The van der Waals surface area contributed by atoms with Crippen LogP contribution in [0.25, 0.3) is 11.4 Å². The van der Waals surface area contributed by atoms with E-state index in [-0.39, 0.29) is 11.3 Å². The standard InChI is InChI=1S/C22H22F3N7/c1-14(16-9-17(11-26-10-16)22(23,24)25)30-19-13-28-31-21(19)15(2)29-18-5-6-20(27-12-18)32-7-3-4-8-32/h5-6,9-13,29-30H,1-4,7-8H2,(H,28,31). The summed E-state index contributed by atoms with van der Waals surface area (Å²) in [4.78, 5) is 10.4. The van der Waals surface area contributed by atoms with Crippen LogP contribution in [-0.2, 0) is 6.18 Å². The number of H-pyrrole nitrogens is 1. The zero-order valence-corrected chi connectivity index (χ0v) is 17.2. The first kappa shape index (κ1) is 21.4. The Balaban J connectivity index is 1.44. The first-order valence-electron chi connectivity index (χ1n) is 10.0. The molecule has 1 aliphatic rings. The van der Waals surface area contributed by atoms with Crippen LogP contribution in [0.3, 0.4) is 0 Å². The van der Waals surface area contributed by atoms with Crippen LogP contribution in [0, 0.1) is 0 Å². The lowest BCUT2D eigenvalue weighted by molar-refractivity contribution is -0.137. The van der Waals surface area contributed by atoms with Crippen molar-refractivity contribution in [2.24, 2.45) is 0 Å². The first-order chi connectivity index (χ1) is 15.3. The molecule has 4 rings (SSSR count). The predicted molar refractivity (Wildman–Crippen MR) is 119 cm³/mol. The Morgan fingerprint density at radius 2 is 1.81 bits per heavy atom. The van der Waals surface area contributed by atoms with E-state index in [1.54, 1.807) is 12.4 Å². The number of aromatic amines is 1. The number of aromatic nitrogens is 4. The first-order valence-corrected chi connectivity index (χ1v) is 10.0. The summed E-state index contributed by atoms with van der Waals surface area (Å²) in [7, 11) is 0. The quantitative estimate of drug-likeness (QED) is 0.480. The van der Waals surface area contributed by atoms with Crippen molar-refractivity contribution >= 4 is 28.6 Å². The number of alkyl halides is 3. The highest BCUT2D eigenvalue weighted by Gasteiger charge is 2.31. The summed E-state index contributed by atoms with van der Waals surface area (Å²) in [6, 6.07) is 4.86. The maximum absolute atomic E-state index is 13.0. The molecule has 0 radical (unpaired) electrons. The number of nitrogens with zero attached hydrogens (tertiary/aromatic N) is 4. The number of anilines is 3. The fraction of sp³-hybridized carbons (Fsp3) is 0.227. The second-order valence-electron chi connectivity index (χ2n) is 7.41. The highest BCUT2D eigenvalue weighted by Crippen LogP contribution is 2.31. The van der Waals surface area contributed by atoms with E-state index >= 15 is 0 Å². The summed E-state index contributed by atoms with van der Waals surface area (Å²) in [5.74, 6) is 0.937. The van der Waals surface area contributed by atoms with Crippen molar-refractivity contribution in [1.82, 2.24) is 20.2 Å². The molecule has 0 atom stereocenters. The van der Waals surface area contributed by atoms with Crippen LogP contribution in [0.15, 0.2) is 56.1 Å².